The van der Waals surface area contributed by atoms with Gasteiger partial charge in [-0.3, -0.25) is 0 Å². The highest BCUT2D eigenvalue weighted by Gasteiger charge is 2.35. The molecule has 0 bridgehead atoms. The summed E-state index contributed by atoms with van der Waals surface area (Å²) in [6.07, 6.45) is -1.46. The first-order valence-corrected chi connectivity index (χ1v) is 8.84. The Morgan fingerprint density at radius 2 is 1.54 bits per heavy atom. The summed E-state index contributed by atoms with van der Waals surface area (Å²) in [6, 6.07) is 20.0. The number of nitrogens with one attached hydrogen (secondary N) is 1. The first-order valence-electron chi connectivity index (χ1n) is 8.84. The third-order valence-corrected chi connectivity index (χ3v) is 4.58. The third kappa shape index (κ3) is 4.78. The van der Waals surface area contributed by atoms with Crippen molar-refractivity contribution < 1.29 is 14.9 Å². The Labute approximate surface area is 154 Å². The SMILES string of the molecule is C=C1CO[C@H](CO)[C@H](O)[C@H]1NN(Cc1ccccc1)Cc1ccccc1. The lowest BCUT2D eigenvalue weighted by atomic mass is 9.97. The first kappa shape index (κ1) is 18.8. The summed E-state index contributed by atoms with van der Waals surface area (Å²) in [5.74, 6) is 0. The largest absolute Gasteiger partial charge is 0.394 e. The number of hydrogen-bond acceptors (Lipinski definition) is 5. The number of hydrogen-bond donors (Lipinski definition) is 3. The summed E-state index contributed by atoms with van der Waals surface area (Å²) in [5, 5.41) is 22.0. The molecule has 0 amide bonds. The van der Waals surface area contributed by atoms with Gasteiger partial charge in [-0.1, -0.05) is 67.2 Å². The van der Waals surface area contributed by atoms with Crippen molar-refractivity contribution in [2.75, 3.05) is 13.2 Å². The van der Waals surface area contributed by atoms with Crippen LogP contribution >= 0.6 is 0 Å². The van der Waals surface area contributed by atoms with Crippen molar-refractivity contribution >= 4 is 0 Å². The quantitative estimate of drug-likeness (QED) is 0.523. The van der Waals surface area contributed by atoms with Crippen LogP contribution in [0.3, 0.4) is 0 Å². The minimum atomic E-state index is -0.852. The predicted molar refractivity (Wildman–Crippen MR) is 101 cm³/mol. The minimum absolute atomic E-state index is 0.218. The van der Waals surface area contributed by atoms with Gasteiger partial charge in [0.1, 0.15) is 12.2 Å². The second kappa shape index (κ2) is 9.07. The van der Waals surface area contributed by atoms with E-state index in [0.29, 0.717) is 19.7 Å². The van der Waals surface area contributed by atoms with Crippen LogP contribution in [0.25, 0.3) is 0 Å². The van der Waals surface area contributed by atoms with Crippen molar-refractivity contribution in [1.82, 2.24) is 10.4 Å². The highest BCUT2D eigenvalue weighted by atomic mass is 16.5. The minimum Gasteiger partial charge on any atom is -0.394 e. The van der Waals surface area contributed by atoms with Crippen LogP contribution in [0.1, 0.15) is 11.1 Å². The van der Waals surface area contributed by atoms with Gasteiger partial charge < -0.3 is 14.9 Å². The van der Waals surface area contributed by atoms with Crippen molar-refractivity contribution in [3.8, 4) is 0 Å². The molecule has 5 heteroatoms. The van der Waals surface area contributed by atoms with E-state index in [4.69, 9.17) is 4.74 Å². The summed E-state index contributed by atoms with van der Waals surface area (Å²) < 4.78 is 5.44. The zero-order chi connectivity index (χ0) is 18.4. The first-order chi connectivity index (χ1) is 12.7. The molecule has 0 saturated carbocycles. The molecule has 1 aliphatic heterocycles. The van der Waals surface area contributed by atoms with Gasteiger partial charge in [-0.05, 0) is 16.7 Å². The molecule has 0 aromatic heterocycles. The van der Waals surface area contributed by atoms with Crippen molar-refractivity contribution in [3.05, 3.63) is 83.9 Å². The smallest absolute Gasteiger partial charge is 0.109 e. The lowest BCUT2D eigenvalue weighted by molar-refractivity contribution is -0.0986. The molecule has 0 unspecified atom stereocenters. The number of rotatable bonds is 7. The van der Waals surface area contributed by atoms with E-state index in [9.17, 15) is 10.2 Å². The maximum Gasteiger partial charge on any atom is 0.109 e. The number of nitrogens with zero attached hydrogens (tertiary/aromatic N) is 1. The van der Waals surface area contributed by atoms with Crippen LogP contribution in [0.4, 0.5) is 0 Å². The molecule has 3 N–H and O–H groups in total. The Bertz CT molecular complexity index is 651. The van der Waals surface area contributed by atoms with Gasteiger partial charge in [0.15, 0.2) is 0 Å². The van der Waals surface area contributed by atoms with Crippen molar-refractivity contribution in [3.63, 3.8) is 0 Å². The van der Waals surface area contributed by atoms with E-state index in [1.54, 1.807) is 0 Å². The van der Waals surface area contributed by atoms with Gasteiger partial charge in [0.2, 0.25) is 0 Å². The molecule has 1 fully saturated rings. The predicted octanol–water partition coefficient (Wildman–Crippen LogP) is 1.87. The van der Waals surface area contributed by atoms with Crippen molar-refractivity contribution in [1.29, 1.82) is 0 Å². The fourth-order valence-corrected chi connectivity index (χ4v) is 3.14. The molecule has 0 aliphatic carbocycles. The van der Waals surface area contributed by atoms with Gasteiger partial charge in [0, 0.05) is 13.1 Å². The van der Waals surface area contributed by atoms with E-state index in [0.717, 1.165) is 5.57 Å². The molecule has 138 valence electrons. The van der Waals surface area contributed by atoms with Crippen LogP contribution in [0.5, 0.6) is 0 Å². The normalized spacial score (nSPS) is 23.3. The van der Waals surface area contributed by atoms with Gasteiger partial charge in [-0.2, -0.15) is 0 Å². The van der Waals surface area contributed by atoms with Crippen LogP contribution in [-0.4, -0.2) is 46.7 Å². The number of hydrazine groups is 1. The van der Waals surface area contributed by atoms with E-state index >= 15 is 0 Å². The Morgan fingerprint density at radius 3 is 2.04 bits per heavy atom. The Balaban J connectivity index is 1.76. The molecular weight excluding hydrogens is 328 g/mol. The second-order valence-corrected chi connectivity index (χ2v) is 6.61. The molecule has 3 rings (SSSR count). The van der Waals surface area contributed by atoms with Gasteiger partial charge in [-0.25, -0.2) is 10.4 Å². The van der Waals surface area contributed by atoms with Crippen molar-refractivity contribution in [2.24, 2.45) is 0 Å². The lowest BCUT2D eigenvalue weighted by Crippen LogP contribution is -2.58. The zero-order valence-corrected chi connectivity index (χ0v) is 14.8. The van der Waals surface area contributed by atoms with Gasteiger partial charge in [0.25, 0.3) is 0 Å². The number of aliphatic hydroxyl groups excluding tert-OH is 2. The molecule has 1 aliphatic rings. The molecule has 2 aromatic carbocycles. The fraction of sp³-hybridized carbons (Fsp3) is 0.333. The van der Waals surface area contributed by atoms with Gasteiger partial charge in [0.05, 0.1) is 19.3 Å². The second-order valence-electron chi connectivity index (χ2n) is 6.61. The number of benzene rings is 2. The maximum atomic E-state index is 10.5. The standard InChI is InChI=1S/C21H26N2O3/c1-16-15-26-19(14-24)21(25)20(16)22-23(12-17-8-4-2-5-9-17)13-18-10-6-3-7-11-18/h2-11,19-22,24-25H,1,12-15H2/t19-,20+,21+/m1/s1. The zero-order valence-electron chi connectivity index (χ0n) is 14.8. The van der Waals surface area contributed by atoms with Crippen LogP contribution in [0.2, 0.25) is 0 Å². The lowest BCUT2D eigenvalue weighted by Gasteiger charge is -2.39. The van der Waals surface area contributed by atoms with E-state index in [2.05, 4.69) is 41.3 Å². The summed E-state index contributed by atoms with van der Waals surface area (Å²) in [5.41, 5.74) is 6.52. The molecule has 26 heavy (non-hydrogen) atoms. The Hall–Kier alpha value is -2.02. The highest BCUT2D eigenvalue weighted by Crippen LogP contribution is 2.20. The molecule has 1 saturated heterocycles. The van der Waals surface area contributed by atoms with Crippen LogP contribution in [0, 0.1) is 0 Å². The average molecular weight is 354 g/mol. The van der Waals surface area contributed by atoms with E-state index in [-0.39, 0.29) is 12.6 Å². The topological polar surface area (TPSA) is 65.0 Å². The average Bonchev–Trinajstić information content (AvgIpc) is 2.67. The van der Waals surface area contributed by atoms with E-state index < -0.39 is 12.2 Å². The number of ether oxygens (including phenoxy) is 1. The Kier molecular flexibility index (Phi) is 6.55. The maximum absolute atomic E-state index is 10.5. The monoisotopic (exact) mass is 354 g/mol. The summed E-state index contributed by atoms with van der Waals surface area (Å²) in [4.78, 5) is 0. The molecule has 2 aromatic rings. The van der Waals surface area contributed by atoms with Gasteiger partial charge in [-0.15, -0.1) is 0 Å². The Morgan fingerprint density at radius 1 is 1.00 bits per heavy atom. The summed E-state index contributed by atoms with van der Waals surface area (Å²) in [6.45, 7) is 5.49. The van der Waals surface area contributed by atoms with Crippen LogP contribution in [-0.2, 0) is 17.8 Å². The molecule has 5 nitrogen and oxygen atoms in total. The fourth-order valence-electron chi connectivity index (χ4n) is 3.14. The van der Waals surface area contributed by atoms with Gasteiger partial charge >= 0.3 is 0 Å². The van der Waals surface area contributed by atoms with Crippen LogP contribution < -0.4 is 5.43 Å². The molecule has 0 spiro atoms. The molecule has 3 atom stereocenters. The summed E-state index contributed by atoms with van der Waals surface area (Å²) >= 11 is 0. The highest BCUT2D eigenvalue weighted by molar-refractivity contribution is 5.18. The van der Waals surface area contributed by atoms with Crippen molar-refractivity contribution in [2.45, 2.75) is 31.3 Å². The summed E-state index contributed by atoms with van der Waals surface area (Å²) in [7, 11) is 0. The third-order valence-electron chi connectivity index (χ3n) is 4.58. The molecular formula is C21H26N2O3. The molecule has 1 heterocycles. The number of aliphatic hydroxyl groups is 2. The molecule has 0 radical (unpaired) electrons. The van der Waals surface area contributed by atoms with E-state index in [1.165, 1.54) is 11.1 Å². The van der Waals surface area contributed by atoms with E-state index in [1.807, 2.05) is 36.4 Å². The van der Waals surface area contributed by atoms with Crippen LogP contribution in [0.15, 0.2) is 72.8 Å².